The molecule has 2 aromatic carbocycles. The summed E-state index contributed by atoms with van der Waals surface area (Å²) in [5, 5.41) is 19.2. The largest absolute Gasteiger partial charge is 0.497 e. The van der Waals surface area contributed by atoms with E-state index < -0.39 is 10.8 Å². The molecule has 0 atom stereocenters. The average Bonchev–Trinajstić information content (AvgIpc) is 3.32. The van der Waals surface area contributed by atoms with Crippen LogP contribution in [-0.2, 0) is 4.74 Å². The molecule has 1 saturated heterocycles. The van der Waals surface area contributed by atoms with Crippen molar-refractivity contribution in [2.45, 2.75) is 0 Å². The number of hydrogen-bond donors (Lipinski definition) is 2. The highest BCUT2D eigenvalue weighted by molar-refractivity contribution is 7.80. The van der Waals surface area contributed by atoms with Gasteiger partial charge in [-0.05, 0) is 42.5 Å². The minimum absolute atomic E-state index is 0.0417. The summed E-state index contributed by atoms with van der Waals surface area (Å²) in [4.78, 5) is 30.2. The minimum atomic E-state index is -0.547. The van der Waals surface area contributed by atoms with E-state index in [4.69, 9.17) is 21.7 Å². The van der Waals surface area contributed by atoms with Gasteiger partial charge in [0.2, 0.25) is 0 Å². The summed E-state index contributed by atoms with van der Waals surface area (Å²) in [6.45, 7) is 2.18. The maximum Gasteiger partial charge on any atom is 0.270 e. The first-order valence-corrected chi connectivity index (χ1v) is 11.6. The Morgan fingerprint density at radius 1 is 1.24 bits per heavy atom. The lowest BCUT2D eigenvalue weighted by Gasteiger charge is -2.30. The summed E-state index contributed by atoms with van der Waals surface area (Å²) >= 11 is 6.63. The standard InChI is InChI=1S/C22H21N5O5S2/c1-31-16-5-2-14(3-6-16)18-13-34-22(23-18)25-21(33)24-20(28)17-12-15(27(29)30)4-7-19(17)26-8-10-32-11-9-26/h2-7,12-13H,8-11H2,1H3,(H2,23,24,25,28,33). The van der Waals surface area contributed by atoms with E-state index in [0.29, 0.717) is 37.1 Å². The summed E-state index contributed by atoms with van der Waals surface area (Å²) in [5.74, 6) is 0.202. The van der Waals surface area contributed by atoms with Crippen LogP contribution in [-0.4, -0.2) is 54.3 Å². The number of thiazole rings is 1. The second kappa shape index (κ2) is 10.5. The van der Waals surface area contributed by atoms with Crippen LogP contribution in [0.25, 0.3) is 11.3 Å². The first-order chi connectivity index (χ1) is 16.4. The summed E-state index contributed by atoms with van der Waals surface area (Å²) < 4.78 is 10.5. The zero-order chi connectivity index (χ0) is 24.1. The number of nitro groups is 1. The highest BCUT2D eigenvalue weighted by Gasteiger charge is 2.23. The van der Waals surface area contributed by atoms with Crippen LogP contribution in [0.15, 0.2) is 47.8 Å². The zero-order valence-corrected chi connectivity index (χ0v) is 19.8. The number of anilines is 2. The lowest BCUT2D eigenvalue weighted by Crippen LogP contribution is -2.39. The number of nitro benzene ring substituents is 1. The van der Waals surface area contributed by atoms with Crippen molar-refractivity contribution in [1.82, 2.24) is 10.3 Å². The summed E-state index contributed by atoms with van der Waals surface area (Å²) in [6, 6.07) is 11.7. The van der Waals surface area contributed by atoms with Gasteiger partial charge in [-0.15, -0.1) is 11.3 Å². The number of benzene rings is 2. The maximum absolute atomic E-state index is 13.0. The third kappa shape index (κ3) is 5.47. The van der Waals surface area contributed by atoms with Crippen molar-refractivity contribution in [1.29, 1.82) is 0 Å². The van der Waals surface area contributed by atoms with E-state index in [0.717, 1.165) is 17.0 Å². The molecule has 0 spiro atoms. The number of thiocarbonyl (C=S) groups is 1. The van der Waals surface area contributed by atoms with Gasteiger partial charge in [-0.25, -0.2) is 4.98 Å². The number of morpholine rings is 1. The number of non-ortho nitro benzene ring substituents is 1. The summed E-state index contributed by atoms with van der Waals surface area (Å²) in [5.41, 5.74) is 2.23. The molecular weight excluding hydrogens is 478 g/mol. The zero-order valence-electron chi connectivity index (χ0n) is 18.1. The van der Waals surface area contributed by atoms with E-state index in [-0.39, 0.29) is 16.4 Å². The van der Waals surface area contributed by atoms with Gasteiger partial charge in [0.05, 0.1) is 42.2 Å². The fourth-order valence-electron chi connectivity index (χ4n) is 3.42. The monoisotopic (exact) mass is 499 g/mol. The number of rotatable bonds is 6. The number of hydrogen-bond acceptors (Lipinski definition) is 9. The Labute approximate surface area is 204 Å². The lowest BCUT2D eigenvalue weighted by atomic mass is 10.1. The molecule has 2 heterocycles. The molecule has 0 saturated carbocycles. The molecule has 176 valence electrons. The van der Waals surface area contributed by atoms with Crippen LogP contribution in [0.1, 0.15) is 10.4 Å². The van der Waals surface area contributed by atoms with E-state index in [1.807, 2.05) is 34.5 Å². The van der Waals surface area contributed by atoms with Gasteiger partial charge in [-0.2, -0.15) is 0 Å². The highest BCUT2D eigenvalue weighted by Crippen LogP contribution is 2.28. The Hall–Kier alpha value is -3.61. The SMILES string of the molecule is COc1ccc(-c2csc(NC(=S)NC(=O)c3cc([N+](=O)[O-])ccc3N3CCOCC3)n2)cc1. The van der Waals surface area contributed by atoms with E-state index in [2.05, 4.69) is 15.6 Å². The van der Waals surface area contributed by atoms with Gasteiger partial charge < -0.3 is 19.7 Å². The minimum Gasteiger partial charge on any atom is -0.497 e. The quantitative estimate of drug-likeness (QED) is 0.297. The van der Waals surface area contributed by atoms with Crippen molar-refractivity contribution in [3.8, 4) is 17.0 Å². The van der Waals surface area contributed by atoms with Gasteiger partial charge in [0.15, 0.2) is 10.2 Å². The molecule has 10 nitrogen and oxygen atoms in total. The van der Waals surface area contributed by atoms with Crippen LogP contribution in [0.2, 0.25) is 0 Å². The molecule has 1 amide bonds. The number of carbonyl (C=O) groups excluding carboxylic acids is 1. The number of carbonyl (C=O) groups is 1. The van der Waals surface area contributed by atoms with Crippen LogP contribution in [0.3, 0.4) is 0 Å². The van der Waals surface area contributed by atoms with Gasteiger partial charge in [0, 0.05) is 36.2 Å². The molecule has 0 unspecified atom stereocenters. The van der Waals surface area contributed by atoms with Crippen LogP contribution in [0, 0.1) is 10.1 Å². The first-order valence-electron chi connectivity index (χ1n) is 10.3. The predicted molar refractivity (Wildman–Crippen MR) is 134 cm³/mol. The molecule has 0 bridgehead atoms. The van der Waals surface area contributed by atoms with Crippen LogP contribution < -0.4 is 20.3 Å². The van der Waals surface area contributed by atoms with E-state index in [9.17, 15) is 14.9 Å². The number of amides is 1. The first kappa shape index (κ1) is 23.5. The van der Waals surface area contributed by atoms with Crippen molar-refractivity contribution in [3.05, 3.63) is 63.5 Å². The molecule has 2 N–H and O–H groups in total. The van der Waals surface area contributed by atoms with Crippen LogP contribution in [0.4, 0.5) is 16.5 Å². The number of nitrogens with one attached hydrogen (secondary N) is 2. The molecule has 3 aromatic rings. The second-order valence-corrected chi connectivity index (χ2v) is 8.50. The van der Waals surface area contributed by atoms with Gasteiger partial charge in [0.1, 0.15) is 5.75 Å². The normalized spacial score (nSPS) is 13.3. The van der Waals surface area contributed by atoms with Crippen molar-refractivity contribution in [3.63, 3.8) is 0 Å². The number of methoxy groups -OCH3 is 1. The molecule has 1 aliphatic heterocycles. The Bertz CT molecular complexity index is 1210. The van der Waals surface area contributed by atoms with E-state index in [1.54, 1.807) is 13.2 Å². The van der Waals surface area contributed by atoms with Gasteiger partial charge in [-0.1, -0.05) is 0 Å². The third-order valence-electron chi connectivity index (χ3n) is 5.12. The maximum atomic E-state index is 13.0. The van der Waals surface area contributed by atoms with Crippen molar-refractivity contribution in [2.75, 3.05) is 43.6 Å². The Balaban J connectivity index is 1.47. The van der Waals surface area contributed by atoms with Crippen LogP contribution >= 0.6 is 23.6 Å². The Morgan fingerprint density at radius 2 is 1.97 bits per heavy atom. The lowest BCUT2D eigenvalue weighted by molar-refractivity contribution is -0.384. The smallest absolute Gasteiger partial charge is 0.270 e. The molecule has 4 rings (SSSR count). The fourth-order valence-corrected chi connectivity index (χ4v) is 4.40. The molecule has 1 aromatic heterocycles. The van der Waals surface area contributed by atoms with Crippen LogP contribution in [0.5, 0.6) is 5.75 Å². The Morgan fingerprint density at radius 3 is 2.65 bits per heavy atom. The number of aromatic nitrogens is 1. The second-order valence-electron chi connectivity index (χ2n) is 7.23. The molecule has 0 radical (unpaired) electrons. The molecule has 0 aliphatic carbocycles. The van der Waals surface area contributed by atoms with Crippen molar-refractivity contribution >= 4 is 51.1 Å². The number of ether oxygens (including phenoxy) is 2. The Kier molecular flexibility index (Phi) is 7.30. The van der Waals surface area contributed by atoms with Crippen molar-refractivity contribution in [2.24, 2.45) is 0 Å². The topological polar surface area (TPSA) is 119 Å². The van der Waals surface area contributed by atoms with Crippen molar-refractivity contribution < 1.29 is 19.2 Å². The third-order valence-corrected chi connectivity index (χ3v) is 6.09. The highest BCUT2D eigenvalue weighted by atomic mass is 32.1. The number of nitrogens with zero attached hydrogens (tertiary/aromatic N) is 3. The molecule has 12 heteroatoms. The molecule has 1 fully saturated rings. The van der Waals surface area contributed by atoms with Gasteiger partial charge in [-0.3, -0.25) is 20.2 Å². The summed E-state index contributed by atoms with van der Waals surface area (Å²) in [7, 11) is 1.60. The molecule has 34 heavy (non-hydrogen) atoms. The molecule has 1 aliphatic rings. The average molecular weight is 500 g/mol. The molecular formula is C22H21N5O5S2. The summed E-state index contributed by atoms with van der Waals surface area (Å²) in [6.07, 6.45) is 0. The van der Waals surface area contributed by atoms with Gasteiger partial charge >= 0.3 is 0 Å². The fraction of sp³-hybridized carbons (Fsp3) is 0.227. The van der Waals surface area contributed by atoms with E-state index >= 15 is 0 Å². The van der Waals surface area contributed by atoms with Gasteiger partial charge in [0.25, 0.3) is 11.6 Å². The predicted octanol–water partition coefficient (Wildman–Crippen LogP) is 3.69. The van der Waals surface area contributed by atoms with E-state index in [1.165, 1.54) is 23.5 Å².